The van der Waals surface area contributed by atoms with Crippen LogP contribution < -0.4 is 14.8 Å². The van der Waals surface area contributed by atoms with Gasteiger partial charge in [-0.2, -0.15) is 0 Å². The van der Waals surface area contributed by atoms with Crippen LogP contribution in [0.1, 0.15) is 22.7 Å². The average Bonchev–Trinajstić information content (AvgIpc) is 2.82. The molecule has 0 spiro atoms. The van der Waals surface area contributed by atoms with E-state index in [0.29, 0.717) is 15.6 Å². The molecule has 1 atom stereocenters. The molecule has 0 heterocycles. The molecule has 0 aliphatic rings. The van der Waals surface area contributed by atoms with Crippen LogP contribution in [-0.2, 0) is 27.5 Å². The molecule has 0 radical (unpaired) electrons. The monoisotopic (exact) mass is 503 g/mol. The molecule has 178 valence electrons. The van der Waals surface area contributed by atoms with E-state index in [1.165, 1.54) is 7.11 Å². The van der Waals surface area contributed by atoms with Crippen molar-refractivity contribution in [2.75, 3.05) is 13.7 Å². The molecule has 2 N–H and O–H groups in total. The summed E-state index contributed by atoms with van der Waals surface area (Å²) in [5, 5.41) is 13.3. The van der Waals surface area contributed by atoms with Gasteiger partial charge in [0.1, 0.15) is 19.8 Å². The Kier molecular flexibility index (Phi) is 9.16. The summed E-state index contributed by atoms with van der Waals surface area (Å²) >= 11 is 12.5. The van der Waals surface area contributed by atoms with Crippen LogP contribution in [0.4, 0.5) is 0 Å². The fourth-order valence-electron chi connectivity index (χ4n) is 3.17. The first-order chi connectivity index (χ1) is 16.4. The highest BCUT2D eigenvalue weighted by atomic mass is 35.5. The highest BCUT2D eigenvalue weighted by Crippen LogP contribution is 2.37. The number of carbonyl (C=O) groups is 2. The predicted molar refractivity (Wildman–Crippen MR) is 128 cm³/mol. The van der Waals surface area contributed by atoms with Crippen LogP contribution in [0.25, 0.3) is 0 Å². The normalized spacial score (nSPS) is 11.5. The Hall–Kier alpha value is -3.26. The number of carbonyl (C=O) groups excluding carboxylic acids is 1. The van der Waals surface area contributed by atoms with Gasteiger partial charge in [-0.25, -0.2) is 4.79 Å². The summed E-state index contributed by atoms with van der Waals surface area (Å²) < 4.78 is 16.8. The Morgan fingerprint density at radius 1 is 0.882 bits per heavy atom. The lowest BCUT2D eigenvalue weighted by molar-refractivity contribution is -0.142. The molecule has 34 heavy (non-hydrogen) atoms. The van der Waals surface area contributed by atoms with Gasteiger partial charge in [0, 0.05) is 33.8 Å². The zero-order chi connectivity index (χ0) is 24.5. The van der Waals surface area contributed by atoms with Crippen molar-refractivity contribution in [3.8, 4) is 11.5 Å². The van der Waals surface area contributed by atoms with E-state index in [-0.39, 0.29) is 36.9 Å². The zero-order valence-electron chi connectivity index (χ0n) is 18.3. The molecule has 0 aliphatic carbocycles. The van der Waals surface area contributed by atoms with E-state index >= 15 is 0 Å². The summed E-state index contributed by atoms with van der Waals surface area (Å²) in [6.45, 7) is -0.112. The topological polar surface area (TPSA) is 94.1 Å². The van der Waals surface area contributed by atoms with E-state index in [2.05, 4.69) is 5.32 Å². The molecule has 3 aromatic rings. The maximum absolute atomic E-state index is 12.1. The number of methoxy groups -OCH3 is 1. The van der Waals surface area contributed by atoms with Crippen LogP contribution in [0.15, 0.2) is 66.7 Å². The Bertz CT molecular complexity index is 1150. The van der Waals surface area contributed by atoms with Crippen LogP contribution in [0, 0.1) is 0 Å². The minimum atomic E-state index is -1.40. The van der Waals surface area contributed by atoms with Crippen LogP contribution in [-0.4, -0.2) is 30.7 Å². The molecular weight excluding hydrogens is 481 g/mol. The van der Waals surface area contributed by atoms with Gasteiger partial charge in [0.2, 0.25) is 5.91 Å². The number of aliphatic carboxylic acids is 1. The van der Waals surface area contributed by atoms with E-state index in [1.807, 2.05) is 24.3 Å². The zero-order valence-corrected chi connectivity index (χ0v) is 19.8. The molecule has 1 amide bonds. The fourth-order valence-corrected chi connectivity index (χ4v) is 3.55. The molecule has 3 rings (SSSR count). The summed E-state index contributed by atoms with van der Waals surface area (Å²) in [6, 6.07) is 17.8. The average molecular weight is 504 g/mol. The van der Waals surface area contributed by atoms with Crippen molar-refractivity contribution in [2.24, 2.45) is 0 Å². The van der Waals surface area contributed by atoms with Crippen LogP contribution in [0.2, 0.25) is 10.0 Å². The lowest BCUT2D eigenvalue weighted by Gasteiger charge is -2.21. The maximum atomic E-state index is 12.1. The van der Waals surface area contributed by atoms with Crippen molar-refractivity contribution in [3.63, 3.8) is 0 Å². The van der Waals surface area contributed by atoms with E-state index in [1.54, 1.807) is 42.5 Å². The number of ether oxygens (including phenoxy) is 3. The number of amides is 1. The summed E-state index contributed by atoms with van der Waals surface area (Å²) in [6.07, 6.45) is 0. The molecule has 0 aliphatic heterocycles. The third-order valence-corrected chi connectivity index (χ3v) is 5.56. The first kappa shape index (κ1) is 25.4. The molecule has 0 saturated heterocycles. The Morgan fingerprint density at radius 3 is 2.03 bits per heavy atom. The standard InChI is InChI=1S/C25H23Cl2NO6/c1-32-15-22(29)28-23(25(30)31)18-9-6-12-21(33-13-16-7-2-4-10-19(16)26)24(18)34-14-17-8-3-5-11-20(17)27/h2-12,23H,13-15H2,1H3,(H,28,29)(H,30,31). The second-order valence-corrected chi connectivity index (χ2v) is 8.02. The first-order valence-corrected chi connectivity index (χ1v) is 11.0. The molecule has 0 bridgehead atoms. The van der Waals surface area contributed by atoms with Gasteiger partial charge in [-0.3, -0.25) is 4.79 Å². The third kappa shape index (κ3) is 6.63. The minimum absolute atomic E-state index is 0.0531. The third-order valence-electron chi connectivity index (χ3n) is 4.82. The highest BCUT2D eigenvalue weighted by Gasteiger charge is 2.28. The molecule has 0 aromatic heterocycles. The summed E-state index contributed by atoms with van der Waals surface area (Å²) in [5.41, 5.74) is 1.65. The second kappa shape index (κ2) is 12.3. The van der Waals surface area contributed by atoms with Gasteiger partial charge in [0.25, 0.3) is 0 Å². The quantitative estimate of drug-likeness (QED) is 0.380. The minimum Gasteiger partial charge on any atom is -0.485 e. The van der Waals surface area contributed by atoms with Gasteiger partial charge in [-0.05, 0) is 18.2 Å². The van der Waals surface area contributed by atoms with Gasteiger partial charge < -0.3 is 24.6 Å². The van der Waals surface area contributed by atoms with Gasteiger partial charge in [0.15, 0.2) is 17.5 Å². The molecule has 0 saturated carbocycles. The molecule has 0 fully saturated rings. The van der Waals surface area contributed by atoms with E-state index in [0.717, 1.165) is 5.56 Å². The lowest BCUT2D eigenvalue weighted by atomic mass is 10.0. The van der Waals surface area contributed by atoms with Gasteiger partial charge >= 0.3 is 5.97 Å². The number of hydrogen-bond acceptors (Lipinski definition) is 5. The van der Waals surface area contributed by atoms with Crippen molar-refractivity contribution in [1.29, 1.82) is 0 Å². The molecule has 9 heteroatoms. The summed E-state index contributed by atoms with van der Waals surface area (Å²) in [5.74, 6) is -1.40. The number of halogens is 2. The fraction of sp³-hybridized carbons (Fsp3) is 0.200. The molecule has 7 nitrogen and oxygen atoms in total. The number of benzene rings is 3. The van der Waals surface area contributed by atoms with Crippen molar-refractivity contribution < 1.29 is 28.9 Å². The number of carboxylic acids is 1. The maximum Gasteiger partial charge on any atom is 0.331 e. The number of para-hydroxylation sites is 1. The van der Waals surface area contributed by atoms with Crippen molar-refractivity contribution in [3.05, 3.63) is 93.5 Å². The van der Waals surface area contributed by atoms with Crippen LogP contribution >= 0.6 is 23.2 Å². The smallest absolute Gasteiger partial charge is 0.331 e. The number of carboxylic acid groups (broad SMARTS) is 1. The predicted octanol–water partition coefficient (Wildman–Crippen LogP) is 5.04. The van der Waals surface area contributed by atoms with E-state index in [9.17, 15) is 14.7 Å². The second-order valence-electron chi connectivity index (χ2n) is 7.21. The Morgan fingerprint density at radius 2 is 1.47 bits per heavy atom. The number of hydrogen-bond donors (Lipinski definition) is 2. The lowest BCUT2D eigenvalue weighted by Crippen LogP contribution is -2.36. The van der Waals surface area contributed by atoms with E-state index in [4.69, 9.17) is 37.4 Å². The summed E-state index contributed by atoms with van der Waals surface area (Å²) in [7, 11) is 1.34. The van der Waals surface area contributed by atoms with Crippen molar-refractivity contribution in [2.45, 2.75) is 19.3 Å². The van der Waals surface area contributed by atoms with Gasteiger partial charge in [-0.1, -0.05) is 71.7 Å². The number of nitrogens with one attached hydrogen (secondary N) is 1. The van der Waals surface area contributed by atoms with E-state index < -0.39 is 17.9 Å². The van der Waals surface area contributed by atoms with Gasteiger partial charge in [-0.15, -0.1) is 0 Å². The largest absolute Gasteiger partial charge is 0.485 e. The SMILES string of the molecule is COCC(=O)NC(C(=O)O)c1cccc(OCc2ccccc2Cl)c1OCc1ccccc1Cl. The summed E-state index contributed by atoms with van der Waals surface area (Å²) in [4.78, 5) is 24.2. The first-order valence-electron chi connectivity index (χ1n) is 10.3. The van der Waals surface area contributed by atoms with Crippen molar-refractivity contribution >= 4 is 35.1 Å². The highest BCUT2D eigenvalue weighted by molar-refractivity contribution is 6.31. The van der Waals surface area contributed by atoms with Gasteiger partial charge in [0.05, 0.1) is 0 Å². The Labute approximate surface area is 207 Å². The van der Waals surface area contributed by atoms with Crippen LogP contribution in [0.5, 0.6) is 11.5 Å². The van der Waals surface area contributed by atoms with Crippen LogP contribution in [0.3, 0.4) is 0 Å². The molecule has 3 aromatic carbocycles. The van der Waals surface area contributed by atoms with Crippen molar-refractivity contribution in [1.82, 2.24) is 5.32 Å². The molecular formula is C25H23Cl2NO6. The molecule has 1 unspecified atom stereocenters. The Balaban J connectivity index is 1.96. The number of rotatable bonds is 11.